The number of benzene rings is 1. The number of thiazole rings is 1. The van der Waals surface area contributed by atoms with E-state index in [0.717, 1.165) is 32.7 Å². The molecular weight excluding hydrogens is 512 g/mol. The highest BCUT2D eigenvalue weighted by atomic mass is 35.5. The maximum absolute atomic E-state index is 13.8. The quantitative estimate of drug-likeness (QED) is 0.437. The van der Waals surface area contributed by atoms with Gasteiger partial charge < -0.3 is 4.90 Å². The van der Waals surface area contributed by atoms with E-state index in [0.29, 0.717) is 41.9 Å². The minimum absolute atomic E-state index is 0.0700. The molecule has 0 spiro atoms. The van der Waals surface area contributed by atoms with Gasteiger partial charge in [-0.15, -0.1) is 11.3 Å². The second-order valence-electron chi connectivity index (χ2n) is 8.98. The van der Waals surface area contributed by atoms with Gasteiger partial charge in [-0.3, -0.25) is 9.69 Å². The molecule has 2 aromatic heterocycles. The predicted molar refractivity (Wildman–Crippen MR) is 141 cm³/mol. The molecule has 0 bridgehead atoms. The van der Waals surface area contributed by atoms with Crippen LogP contribution in [-0.2, 0) is 14.8 Å². The second kappa shape index (κ2) is 10.2. The van der Waals surface area contributed by atoms with Gasteiger partial charge in [-0.2, -0.15) is 4.31 Å². The van der Waals surface area contributed by atoms with Crippen LogP contribution in [0.25, 0.3) is 10.2 Å². The van der Waals surface area contributed by atoms with Crippen LogP contribution in [0.5, 0.6) is 0 Å². The molecule has 11 heteroatoms. The number of sulfonamides is 1. The van der Waals surface area contributed by atoms with Gasteiger partial charge in [0.05, 0.1) is 20.5 Å². The number of carbonyl (C=O) groups excluding carboxylic acids is 1. The van der Waals surface area contributed by atoms with Gasteiger partial charge in [0.2, 0.25) is 5.91 Å². The van der Waals surface area contributed by atoms with E-state index in [1.54, 1.807) is 11.0 Å². The van der Waals surface area contributed by atoms with Crippen LogP contribution in [0.2, 0.25) is 4.34 Å². The summed E-state index contributed by atoms with van der Waals surface area (Å²) >= 11 is 8.54. The Morgan fingerprint density at radius 1 is 1.21 bits per heavy atom. The first-order chi connectivity index (χ1) is 16.1. The molecule has 1 fully saturated rings. The monoisotopic (exact) mass is 540 g/mol. The first kappa shape index (κ1) is 25.5. The molecule has 1 aliphatic heterocycles. The van der Waals surface area contributed by atoms with E-state index >= 15 is 0 Å². The number of nitrogens with zero attached hydrogens (tertiary/aromatic N) is 4. The summed E-state index contributed by atoms with van der Waals surface area (Å²) in [5, 5.41) is 0.667. The van der Waals surface area contributed by atoms with Crippen LogP contribution >= 0.6 is 34.3 Å². The maximum Gasteiger partial charge on any atom is 0.252 e. The molecule has 1 atom stereocenters. The van der Waals surface area contributed by atoms with Gasteiger partial charge in [0.1, 0.15) is 4.21 Å². The molecule has 0 N–H and O–H groups in total. The third-order valence-electron chi connectivity index (χ3n) is 5.95. The number of hydrogen-bond donors (Lipinski definition) is 0. The first-order valence-electron chi connectivity index (χ1n) is 11.2. The summed E-state index contributed by atoms with van der Waals surface area (Å²) in [4.78, 5) is 22.4. The minimum atomic E-state index is -3.68. The van der Waals surface area contributed by atoms with Crippen LogP contribution in [0.4, 0.5) is 5.13 Å². The van der Waals surface area contributed by atoms with Crippen molar-refractivity contribution in [3.8, 4) is 0 Å². The summed E-state index contributed by atoms with van der Waals surface area (Å²) in [6, 6.07) is 7.28. The van der Waals surface area contributed by atoms with Gasteiger partial charge in [-0.05, 0) is 70.1 Å². The Bertz CT molecular complexity index is 1300. The van der Waals surface area contributed by atoms with Gasteiger partial charge in [0, 0.05) is 26.2 Å². The first-order valence-corrected chi connectivity index (χ1v) is 14.6. The lowest BCUT2D eigenvalue weighted by Crippen LogP contribution is -2.48. The molecule has 1 aromatic carbocycles. The van der Waals surface area contributed by atoms with Crippen molar-refractivity contribution in [3.63, 3.8) is 0 Å². The fourth-order valence-corrected chi connectivity index (χ4v) is 8.43. The Kier molecular flexibility index (Phi) is 7.66. The Hall–Kier alpha value is -1.56. The molecular formula is C23H29ClN4O3S3. The van der Waals surface area contributed by atoms with Crippen molar-refractivity contribution in [2.75, 3.05) is 45.2 Å². The van der Waals surface area contributed by atoms with Gasteiger partial charge in [0.15, 0.2) is 5.13 Å². The molecule has 184 valence electrons. The van der Waals surface area contributed by atoms with Crippen molar-refractivity contribution >= 4 is 65.6 Å². The number of thiophene rings is 1. The van der Waals surface area contributed by atoms with Crippen molar-refractivity contribution in [2.24, 2.45) is 5.92 Å². The Morgan fingerprint density at radius 2 is 1.97 bits per heavy atom. The molecule has 0 aliphatic carbocycles. The van der Waals surface area contributed by atoms with Crippen LogP contribution in [0.3, 0.4) is 0 Å². The van der Waals surface area contributed by atoms with E-state index in [2.05, 4.69) is 13.0 Å². The zero-order valence-corrected chi connectivity index (χ0v) is 23.0. The number of hydrogen-bond acceptors (Lipinski definition) is 7. The highest BCUT2D eigenvalue weighted by Crippen LogP contribution is 2.35. The molecule has 3 aromatic rings. The summed E-state index contributed by atoms with van der Waals surface area (Å²) in [5.74, 6) is -0.490. The number of aryl methyl sites for hydroxylation is 2. The Balaban J connectivity index is 1.62. The number of aromatic nitrogens is 1. The van der Waals surface area contributed by atoms with Crippen molar-refractivity contribution in [3.05, 3.63) is 39.7 Å². The number of anilines is 1. The van der Waals surface area contributed by atoms with E-state index in [9.17, 15) is 13.2 Å². The molecule has 4 rings (SSSR count). The highest BCUT2D eigenvalue weighted by molar-refractivity contribution is 7.91. The average Bonchev–Trinajstić information content (AvgIpc) is 3.40. The van der Waals surface area contributed by atoms with E-state index < -0.39 is 15.9 Å². The SMILES string of the molecule is Cc1cc(C)c2sc(N(CCN(C)C)C(=O)C3CCCN(S(=O)(=O)c4ccc(Cl)s4)C3)nc2c1. The fourth-order valence-electron chi connectivity index (χ4n) is 4.23. The molecule has 0 radical (unpaired) electrons. The van der Waals surface area contributed by atoms with Gasteiger partial charge in [-0.25, -0.2) is 13.4 Å². The molecule has 7 nitrogen and oxygen atoms in total. The van der Waals surface area contributed by atoms with Crippen LogP contribution in [0, 0.1) is 19.8 Å². The van der Waals surface area contributed by atoms with Crippen LogP contribution in [0.1, 0.15) is 24.0 Å². The molecule has 1 saturated heterocycles. The predicted octanol–water partition coefficient (Wildman–Crippen LogP) is 4.62. The fraction of sp³-hybridized carbons (Fsp3) is 0.478. The van der Waals surface area contributed by atoms with E-state index in [1.165, 1.54) is 21.7 Å². The average molecular weight is 541 g/mol. The van der Waals surface area contributed by atoms with E-state index in [-0.39, 0.29) is 16.7 Å². The topological polar surface area (TPSA) is 73.8 Å². The normalized spacial score (nSPS) is 17.5. The van der Waals surface area contributed by atoms with E-state index in [4.69, 9.17) is 16.6 Å². The zero-order valence-electron chi connectivity index (χ0n) is 19.7. The molecule has 1 unspecified atom stereocenters. The lowest BCUT2D eigenvalue weighted by molar-refractivity contribution is -0.123. The molecule has 0 saturated carbocycles. The number of fused-ring (bicyclic) bond motifs is 1. The summed E-state index contributed by atoms with van der Waals surface area (Å²) in [6.07, 6.45) is 1.28. The number of halogens is 1. The number of amides is 1. The summed E-state index contributed by atoms with van der Waals surface area (Å²) in [6.45, 7) is 5.84. The lowest BCUT2D eigenvalue weighted by atomic mass is 9.98. The van der Waals surface area contributed by atoms with E-state index in [1.807, 2.05) is 32.0 Å². The molecule has 1 aliphatic rings. The van der Waals surface area contributed by atoms with Gasteiger partial charge in [-0.1, -0.05) is 29.0 Å². The third kappa shape index (κ3) is 5.32. The Labute approximate surface area is 214 Å². The number of carbonyl (C=O) groups is 1. The van der Waals surface area contributed by atoms with Crippen LogP contribution < -0.4 is 4.90 Å². The lowest BCUT2D eigenvalue weighted by Gasteiger charge is -2.33. The smallest absolute Gasteiger partial charge is 0.252 e. The van der Waals surface area contributed by atoms with Gasteiger partial charge >= 0.3 is 0 Å². The standard InChI is InChI=1S/C23H29ClN4O3S3/c1-15-12-16(2)21-18(13-15)25-23(33-21)28(11-10-26(3)4)22(29)17-6-5-9-27(14-17)34(30,31)20-8-7-19(24)32-20/h7-8,12-13,17H,5-6,9-11,14H2,1-4H3. The minimum Gasteiger partial charge on any atom is -0.308 e. The number of likely N-dealkylation sites (N-methyl/N-ethyl adjacent to an activating group) is 1. The highest BCUT2D eigenvalue weighted by Gasteiger charge is 2.36. The van der Waals surface area contributed by atoms with Crippen molar-refractivity contribution in [1.82, 2.24) is 14.2 Å². The molecule has 34 heavy (non-hydrogen) atoms. The second-order valence-corrected chi connectivity index (χ2v) is 13.8. The van der Waals surface area contributed by atoms with Crippen molar-refractivity contribution in [2.45, 2.75) is 30.9 Å². The largest absolute Gasteiger partial charge is 0.308 e. The summed E-state index contributed by atoms with van der Waals surface area (Å²) in [5.41, 5.74) is 3.17. The van der Waals surface area contributed by atoms with Crippen molar-refractivity contribution < 1.29 is 13.2 Å². The molecule has 3 heterocycles. The maximum atomic E-state index is 13.8. The number of rotatable bonds is 7. The van der Waals surface area contributed by atoms with Crippen molar-refractivity contribution in [1.29, 1.82) is 0 Å². The number of piperidine rings is 1. The van der Waals surface area contributed by atoms with Crippen LogP contribution in [0.15, 0.2) is 28.5 Å². The van der Waals surface area contributed by atoms with Crippen LogP contribution in [-0.4, -0.2) is 68.8 Å². The summed E-state index contributed by atoms with van der Waals surface area (Å²) in [7, 11) is 0.257. The molecule has 1 amide bonds. The van der Waals surface area contributed by atoms with Gasteiger partial charge in [0.25, 0.3) is 10.0 Å². The summed E-state index contributed by atoms with van der Waals surface area (Å²) < 4.78 is 29.4. The third-order valence-corrected chi connectivity index (χ3v) is 10.7. The Morgan fingerprint density at radius 3 is 2.65 bits per heavy atom. The zero-order chi connectivity index (χ0) is 24.6.